The molecule has 5 heteroatoms. The van der Waals surface area contributed by atoms with Crippen molar-refractivity contribution in [1.29, 1.82) is 0 Å². The van der Waals surface area contributed by atoms with Gasteiger partial charge >= 0.3 is 0 Å². The summed E-state index contributed by atoms with van der Waals surface area (Å²) in [6, 6.07) is 0. The average molecular weight is 287 g/mol. The lowest BCUT2D eigenvalue weighted by molar-refractivity contribution is -0.133. The minimum atomic E-state index is -0.259. The Morgan fingerprint density at radius 2 is 1.88 bits per heavy atom. The van der Waals surface area contributed by atoms with Crippen molar-refractivity contribution in [1.82, 2.24) is 0 Å². The summed E-state index contributed by atoms with van der Waals surface area (Å²) in [5.41, 5.74) is 0. The van der Waals surface area contributed by atoms with Gasteiger partial charge in [0.1, 0.15) is 0 Å². The Labute approximate surface area is 113 Å². The highest BCUT2D eigenvalue weighted by molar-refractivity contribution is 8.07. The number of thioether (sulfide) groups is 2. The van der Waals surface area contributed by atoms with Gasteiger partial charge in [0.25, 0.3) is 6.47 Å². The van der Waals surface area contributed by atoms with Gasteiger partial charge in [-0.2, -0.15) is 11.8 Å². The van der Waals surface area contributed by atoms with Crippen LogP contribution in [0.3, 0.4) is 0 Å². The summed E-state index contributed by atoms with van der Waals surface area (Å²) in [6.45, 7) is 10.4. The van der Waals surface area contributed by atoms with Crippen LogP contribution in [0.5, 0.6) is 0 Å². The van der Waals surface area contributed by atoms with E-state index in [4.69, 9.17) is 16.3 Å². The molecule has 0 aromatic rings. The van der Waals surface area contributed by atoms with E-state index in [1.165, 1.54) is 5.75 Å². The van der Waals surface area contributed by atoms with E-state index >= 15 is 0 Å². The second kappa shape index (κ2) is 11.9. The SMILES string of the molecule is CC.CC(C)Cl.CC1(OC=O)CSCCS1. The molecule has 1 saturated heterocycles. The van der Waals surface area contributed by atoms with Crippen molar-refractivity contribution in [3.63, 3.8) is 0 Å². The van der Waals surface area contributed by atoms with E-state index in [0.717, 1.165) is 11.5 Å². The zero-order valence-electron chi connectivity index (χ0n) is 10.8. The number of hydrogen-bond donors (Lipinski definition) is 0. The lowest BCUT2D eigenvalue weighted by atomic mass is 10.5. The molecule has 1 heterocycles. The van der Waals surface area contributed by atoms with E-state index in [2.05, 4.69) is 0 Å². The molecule has 0 amide bonds. The average Bonchev–Trinajstić information content (AvgIpc) is 2.21. The fourth-order valence-corrected chi connectivity index (χ4v) is 3.30. The van der Waals surface area contributed by atoms with Crippen molar-refractivity contribution in [3.05, 3.63) is 0 Å². The van der Waals surface area contributed by atoms with Crippen LogP contribution < -0.4 is 0 Å². The normalized spacial score (nSPS) is 23.4. The molecular weight excluding hydrogens is 264 g/mol. The molecule has 0 aromatic carbocycles. The van der Waals surface area contributed by atoms with Gasteiger partial charge < -0.3 is 4.74 Å². The zero-order chi connectivity index (χ0) is 13.0. The highest BCUT2D eigenvalue weighted by atomic mass is 35.5. The van der Waals surface area contributed by atoms with Gasteiger partial charge in [-0.1, -0.05) is 13.8 Å². The highest BCUT2D eigenvalue weighted by Crippen LogP contribution is 2.34. The van der Waals surface area contributed by atoms with Crippen molar-refractivity contribution in [3.8, 4) is 0 Å². The molecule has 1 fully saturated rings. The van der Waals surface area contributed by atoms with Crippen LogP contribution >= 0.6 is 35.1 Å². The second-order valence-electron chi connectivity index (χ2n) is 3.26. The van der Waals surface area contributed by atoms with E-state index in [-0.39, 0.29) is 4.93 Å². The Morgan fingerprint density at radius 3 is 2.19 bits per heavy atom. The molecule has 98 valence electrons. The Morgan fingerprint density at radius 1 is 1.38 bits per heavy atom. The van der Waals surface area contributed by atoms with Gasteiger partial charge in [-0.3, -0.25) is 4.79 Å². The van der Waals surface area contributed by atoms with E-state index < -0.39 is 0 Å². The molecule has 2 nitrogen and oxygen atoms in total. The fourth-order valence-electron chi connectivity index (χ4n) is 0.786. The molecule has 1 unspecified atom stereocenters. The Kier molecular flexibility index (Phi) is 14.0. The number of carbonyl (C=O) groups is 1. The number of carbonyl (C=O) groups excluding carboxylic acids is 1. The van der Waals surface area contributed by atoms with Crippen LogP contribution in [0.4, 0.5) is 0 Å². The molecule has 0 radical (unpaired) electrons. The van der Waals surface area contributed by atoms with E-state index in [1.54, 1.807) is 11.8 Å². The molecule has 0 aromatic heterocycles. The minimum Gasteiger partial charge on any atom is -0.450 e. The lowest BCUT2D eigenvalue weighted by Gasteiger charge is -2.29. The third kappa shape index (κ3) is 12.5. The minimum absolute atomic E-state index is 0.259. The third-order valence-electron chi connectivity index (χ3n) is 1.30. The monoisotopic (exact) mass is 286 g/mol. The fraction of sp³-hybridized carbons (Fsp3) is 0.909. The molecule has 0 N–H and O–H groups in total. The maximum Gasteiger partial charge on any atom is 0.294 e. The van der Waals surface area contributed by atoms with E-state index in [9.17, 15) is 4.79 Å². The maximum atomic E-state index is 10.0. The van der Waals surface area contributed by atoms with Gasteiger partial charge in [0.2, 0.25) is 0 Å². The van der Waals surface area contributed by atoms with Crippen LogP contribution in [0.2, 0.25) is 0 Å². The molecule has 0 bridgehead atoms. The van der Waals surface area contributed by atoms with Crippen molar-refractivity contribution < 1.29 is 9.53 Å². The topological polar surface area (TPSA) is 26.3 Å². The Bertz CT molecular complexity index is 157. The van der Waals surface area contributed by atoms with Crippen LogP contribution in [0.15, 0.2) is 0 Å². The summed E-state index contributed by atoms with van der Waals surface area (Å²) < 4.78 is 4.93. The molecule has 1 rings (SSSR count). The smallest absolute Gasteiger partial charge is 0.294 e. The lowest BCUT2D eigenvalue weighted by Crippen LogP contribution is -2.31. The molecule has 16 heavy (non-hydrogen) atoms. The number of hydrogen-bond acceptors (Lipinski definition) is 4. The summed E-state index contributed by atoms with van der Waals surface area (Å²) in [5.74, 6) is 3.16. The third-order valence-corrected chi connectivity index (χ3v) is 4.25. The largest absolute Gasteiger partial charge is 0.450 e. The van der Waals surface area contributed by atoms with E-state index in [1.807, 2.05) is 46.4 Å². The van der Waals surface area contributed by atoms with Crippen LogP contribution in [0, 0.1) is 0 Å². The summed E-state index contributed by atoms with van der Waals surface area (Å²) in [4.78, 5) is 9.77. The number of alkyl halides is 1. The van der Waals surface area contributed by atoms with Crippen LogP contribution in [-0.4, -0.2) is 34.0 Å². The number of ether oxygens (including phenoxy) is 1. The highest BCUT2D eigenvalue weighted by Gasteiger charge is 2.29. The first kappa shape index (κ1) is 18.8. The van der Waals surface area contributed by atoms with Crippen molar-refractivity contribution in [2.75, 3.05) is 17.3 Å². The number of rotatable bonds is 2. The van der Waals surface area contributed by atoms with Gasteiger partial charge in [-0.15, -0.1) is 23.4 Å². The standard InChI is InChI=1S/C6H10O2S2.C3H7Cl.C2H6/c1-6(8-5-7)4-9-2-3-10-6;1-3(2)4;1-2/h5H,2-4H2,1H3;3H,1-2H3;1-2H3. The maximum absolute atomic E-state index is 10.0. The van der Waals surface area contributed by atoms with Crippen LogP contribution in [-0.2, 0) is 9.53 Å². The van der Waals surface area contributed by atoms with Gasteiger partial charge in [-0.05, 0) is 20.8 Å². The Hall–Kier alpha value is 0.460. The molecular formula is C11H23ClO2S2. The zero-order valence-corrected chi connectivity index (χ0v) is 13.2. The van der Waals surface area contributed by atoms with Gasteiger partial charge in [0.15, 0.2) is 4.93 Å². The van der Waals surface area contributed by atoms with Gasteiger partial charge in [0.05, 0.1) is 0 Å². The summed E-state index contributed by atoms with van der Waals surface area (Å²) >= 11 is 8.83. The van der Waals surface area contributed by atoms with Gasteiger partial charge in [-0.25, -0.2) is 0 Å². The Balaban J connectivity index is 0. The van der Waals surface area contributed by atoms with Crippen LogP contribution in [0.1, 0.15) is 34.6 Å². The number of halogens is 1. The van der Waals surface area contributed by atoms with Gasteiger partial charge in [0, 0.05) is 22.6 Å². The molecule has 0 spiro atoms. The first-order chi connectivity index (χ1) is 7.50. The second-order valence-corrected chi connectivity index (χ2v) is 6.80. The first-order valence-electron chi connectivity index (χ1n) is 5.47. The predicted octanol–water partition coefficient (Wildman–Crippen LogP) is 4.02. The van der Waals surface area contributed by atoms with Crippen LogP contribution in [0.25, 0.3) is 0 Å². The molecule has 0 saturated carbocycles. The quantitative estimate of drug-likeness (QED) is 0.566. The first-order valence-corrected chi connectivity index (χ1v) is 8.05. The van der Waals surface area contributed by atoms with Crippen molar-refractivity contribution in [2.45, 2.75) is 44.9 Å². The molecule has 1 atom stereocenters. The molecule has 0 aliphatic carbocycles. The summed E-state index contributed by atoms with van der Waals surface area (Å²) in [6.07, 6.45) is 0. The molecule has 1 aliphatic heterocycles. The van der Waals surface area contributed by atoms with E-state index in [0.29, 0.717) is 11.8 Å². The summed E-state index contributed by atoms with van der Waals surface area (Å²) in [5, 5.41) is 0.306. The van der Waals surface area contributed by atoms with Crippen molar-refractivity contribution >= 4 is 41.6 Å². The predicted molar refractivity (Wildman–Crippen MR) is 77.7 cm³/mol. The molecule has 1 aliphatic rings. The summed E-state index contributed by atoms with van der Waals surface area (Å²) in [7, 11) is 0. The van der Waals surface area contributed by atoms with Crippen molar-refractivity contribution in [2.24, 2.45) is 0 Å².